The molecule has 0 fully saturated rings. The Kier molecular flexibility index (Phi) is 5.41. The van der Waals surface area contributed by atoms with Crippen LogP contribution in [0.3, 0.4) is 0 Å². The maximum atomic E-state index is 12.1. The van der Waals surface area contributed by atoms with Crippen molar-refractivity contribution in [2.24, 2.45) is 0 Å². The molecule has 5 nitrogen and oxygen atoms in total. The molecule has 0 radical (unpaired) electrons. The number of carbonyl (C=O) groups is 1. The van der Waals surface area contributed by atoms with E-state index < -0.39 is 15.8 Å². The van der Waals surface area contributed by atoms with E-state index in [1.165, 1.54) is 35.6 Å². The number of nitrogens with zero attached hydrogens (tertiary/aromatic N) is 1. The van der Waals surface area contributed by atoms with Crippen LogP contribution in [0.25, 0.3) is 10.6 Å². The van der Waals surface area contributed by atoms with E-state index in [0.29, 0.717) is 10.7 Å². The lowest BCUT2D eigenvalue weighted by molar-refractivity contribution is 0.0468. The quantitative estimate of drug-likeness (QED) is 0.592. The molecule has 0 unspecified atom stereocenters. The van der Waals surface area contributed by atoms with E-state index in [4.69, 9.17) is 16.3 Å². The predicted octanol–water partition coefficient (Wildman–Crippen LogP) is 4.22. The summed E-state index contributed by atoms with van der Waals surface area (Å²) in [6.45, 7) is 0.0214. The maximum Gasteiger partial charge on any atom is 0.338 e. The van der Waals surface area contributed by atoms with Gasteiger partial charge in [-0.15, -0.1) is 11.3 Å². The predicted molar refractivity (Wildman–Crippen MR) is 101 cm³/mol. The molecule has 0 saturated heterocycles. The lowest BCUT2D eigenvalue weighted by atomic mass is 10.2. The van der Waals surface area contributed by atoms with E-state index in [9.17, 15) is 13.2 Å². The van der Waals surface area contributed by atoms with E-state index in [-0.39, 0.29) is 17.1 Å². The fourth-order valence-electron chi connectivity index (χ4n) is 2.19. The molecule has 0 atom stereocenters. The first-order valence-electron chi connectivity index (χ1n) is 7.51. The molecule has 0 aliphatic carbocycles. The smallest absolute Gasteiger partial charge is 0.338 e. The van der Waals surface area contributed by atoms with Crippen LogP contribution < -0.4 is 0 Å². The number of sulfone groups is 1. The Morgan fingerprint density at radius 2 is 1.85 bits per heavy atom. The lowest BCUT2D eigenvalue weighted by Crippen LogP contribution is -2.06. The highest BCUT2D eigenvalue weighted by Crippen LogP contribution is 2.30. The number of hydrogen-bond acceptors (Lipinski definition) is 6. The van der Waals surface area contributed by atoms with Gasteiger partial charge in [-0.1, -0.05) is 29.8 Å². The molecule has 3 aromatic rings. The van der Waals surface area contributed by atoms with Gasteiger partial charge in [-0.2, -0.15) is 0 Å². The fourth-order valence-corrected chi connectivity index (χ4v) is 3.95. The molecular formula is C18H14ClNO4S2. The molecule has 2 aromatic carbocycles. The van der Waals surface area contributed by atoms with Crippen LogP contribution in [0.15, 0.2) is 58.8 Å². The van der Waals surface area contributed by atoms with E-state index in [1.54, 1.807) is 11.4 Å². The molecular weight excluding hydrogens is 394 g/mol. The van der Waals surface area contributed by atoms with Gasteiger partial charge >= 0.3 is 5.97 Å². The molecule has 0 saturated carbocycles. The largest absolute Gasteiger partial charge is 0.456 e. The first kappa shape index (κ1) is 18.6. The van der Waals surface area contributed by atoms with E-state index in [2.05, 4.69) is 4.98 Å². The zero-order valence-electron chi connectivity index (χ0n) is 13.7. The standard InChI is InChI=1S/C18H14ClNO4S2/c1-26(22,23)14-8-6-12(7-9-14)18(21)24-10-13-11-25-17(20-13)15-4-2-3-5-16(15)19/h2-9,11H,10H2,1H3. The lowest BCUT2D eigenvalue weighted by Gasteiger charge is -2.04. The molecule has 0 bridgehead atoms. The van der Waals surface area contributed by atoms with Gasteiger partial charge in [0, 0.05) is 17.2 Å². The Labute approximate surface area is 160 Å². The molecule has 8 heteroatoms. The number of halogens is 1. The summed E-state index contributed by atoms with van der Waals surface area (Å²) in [5.41, 5.74) is 1.72. The van der Waals surface area contributed by atoms with Gasteiger partial charge in [0.2, 0.25) is 0 Å². The van der Waals surface area contributed by atoms with Gasteiger partial charge in [0.1, 0.15) is 11.6 Å². The number of carbonyl (C=O) groups excluding carboxylic acids is 1. The second kappa shape index (κ2) is 7.57. The Hall–Kier alpha value is -2.22. The number of benzene rings is 2. The van der Waals surface area contributed by atoms with Crippen molar-refractivity contribution in [1.29, 1.82) is 0 Å². The van der Waals surface area contributed by atoms with Crippen LogP contribution in [-0.2, 0) is 21.2 Å². The Morgan fingerprint density at radius 3 is 2.50 bits per heavy atom. The van der Waals surface area contributed by atoms with Gasteiger partial charge in [-0.3, -0.25) is 0 Å². The van der Waals surface area contributed by atoms with Gasteiger partial charge < -0.3 is 4.74 Å². The van der Waals surface area contributed by atoms with Crippen LogP contribution in [0.5, 0.6) is 0 Å². The minimum absolute atomic E-state index is 0.0214. The molecule has 0 aliphatic heterocycles. The summed E-state index contributed by atoms with van der Waals surface area (Å²) in [6, 6.07) is 13.0. The summed E-state index contributed by atoms with van der Waals surface area (Å²) >= 11 is 7.57. The Bertz CT molecular complexity index is 1040. The van der Waals surface area contributed by atoms with Crippen molar-refractivity contribution in [2.75, 3.05) is 6.26 Å². The molecule has 1 heterocycles. The van der Waals surface area contributed by atoms with Gasteiger partial charge in [-0.05, 0) is 30.3 Å². The van der Waals surface area contributed by atoms with Gasteiger partial charge in [0.25, 0.3) is 0 Å². The molecule has 134 valence electrons. The number of aromatic nitrogens is 1. The first-order chi connectivity index (χ1) is 12.3. The SMILES string of the molecule is CS(=O)(=O)c1ccc(C(=O)OCc2csc(-c3ccccc3Cl)n2)cc1. The third-order valence-electron chi connectivity index (χ3n) is 3.53. The summed E-state index contributed by atoms with van der Waals surface area (Å²) in [5, 5.41) is 3.16. The minimum atomic E-state index is -3.30. The van der Waals surface area contributed by atoms with Crippen LogP contribution in [-0.4, -0.2) is 25.6 Å². The number of thiazole rings is 1. The molecule has 1 aromatic heterocycles. The second-order valence-corrected chi connectivity index (χ2v) is 8.78. The fraction of sp³-hybridized carbons (Fsp3) is 0.111. The molecule has 3 rings (SSSR count). The van der Waals surface area contributed by atoms with Crippen LogP contribution in [0, 0.1) is 0 Å². The van der Waals surface area contributed by atoms with Crippen molar-refractivity contribution in [1.82, 2.24) is 4.98 Å². The van der Waals surface area contributed by atoms with Crippen molar-refractivity contribution in [2.45, 2.75) is 11.5 Å². The normalized spacial score (nSPS) is 11.3. The van der Waals surface area contributed by atoms with Crippen molar-refractivity contribution in [3.8, 4) is 10.6 Å². The topological polar surface area (TPSA) is 73.3 Å². The van der Waals surface area contributed by atoms with Crippen molar-refractivity contribution >= 4 is 38.7 Å². The van der Waals surface area contributed by atoms with Crippen LogP contribution in [0.4, 0.5) is 0 Å². The molecule has 0 aliphatic rings. The highest BCUT2D eigenvalue weighted by Gasteiger charge is 2.13. The molecule has 26 heavy (non-hydrogen) atoms. The Balaban J connectivity index is 1.66. The number of ether oxygens (including phenoxy) is 1. The minimum Gasteiger partial charge on any atom is -0.456 e. The number of esters is 1. The molecule has 0 amide bonds. The van der Waals surface area contributed by atoms with Gasteiger partial charge in [0.05, 0.1) is 21.2 Å². The van der Waals surface area contributed by atoms with Crippen molar-refractivity contribution in [3.05, 3.63) is 70.2 Å². The van der Waals surface area contributed by atoms with E-state index in [0.717, 1.165) is 16.8 Å². The summed E-state index contributed by atoms with van der Waals surface area (Å²) in [4.78, 5) is 16.7. The van der Waals surface area contributed by atoms with Gasteiger partial charge in [0.15, 0.2) is 9.84 Å². The third-order valence-corrected chi connectivity index (χ3v) is 5.91. The maximum absolute atomic E-state index is 12.1. The Morgan fingerprint density at radius 1 is 1.15 bits per heavy atom. The first-order valence-corrected chi connectivity index (χ1v) is 10.7. The zero-order valence-corrected chi connectivity index (χ0v) is 16.1. The van der Waals surface area contributed by atoms with E-state index in [1.807, 2.05) is 18.2 Å². The highest BCUT2D eigenvalue weighted by atomic mass is 35.5. The molecule has 0 spiro atoms. The second-order valence-electron chi connectivity index (χ2n) is 5.50. The summed E-state index contributed by atoms with van der Waals surface area (Å²) in [6.07, 6.45) is 1.11. The zero-order chi connectivity index (χ0) is 18.7. The average Bonchev–Trinajstić information content (AvgIpc) is 3.08. The monoisotopic (exact) mass is 407 g/mol. The number of rotatable bonds is 5. The van der Waals surface area contributed by atoms with Crippen LogP contribution in [0.1, 0.15) is 16.1 Å². The van der Waals surface area contributed by atoms with E-state index >= 15 is 0 Å². The van der Waals surface area contributed by atoms with Crippen LogP contribution in [0.2, 0.25) is 5.02 Å². The number of hydrogen-bond donors (Lipinski definition) is 0. The van der Waals surface area contributed by atoms with Crippen molar-refractivity contribution < 1.29 is 17.9 Å². The van der Waals surface area contributed by atoms with Crippen molar-refractivity contribution in [3.63, 3.8) is 0 Å². The molecule has 0 N–H and O–H groups in total. The van der Waals surface area contributed by atoms with Gasteiger partial charge in [-0.25, -0.2) is 18.2 Å². The average molecular weight is 408 g/mol. The highest BCUT2D eigenvalue weighted by molar-refractivity contribution is 7.90. The summed E-state index contributed by atoms with van der Waals surface area (Å²) in [5.74, 6) is -0.544. The summed E-state index contributed by atoms with van der Waals surface area (Å²) < 4.78 is 28.1. The third kappa shape index (κ3) is 4.30. The summed E-state index contributed by atoms with van der Waals surface area (Å²) in [7, 11) is -3.30. The van der Waals surface area contributed by atoms with Crippen LogP contribution >= 0.6 is 22.9 Å².